The van der Waals surface area contributed by atoms with Crippen LogP contribution >= 0.6 is 15.9 Å². The molecule has 0 aliphatic carbocycles. The van der Waals surface area contributed by atoms with Gasteiger partial charge in [0.1, 0.15) is 22.3 Å². The summed E-state index contributed by atoms with van der Waals surface area (Å²) in [6, 6.07) is 1.46. The van der Waals surface area contributed by atoms with Gasteiger partial charge in [-0.05, 0) is 29.8 Å². The monoisotopic (exact) mass is 342 g/mol. The Morgan fingerprint density at radius 2 is 2.05 bits per heavy atom. The molecule has 0 aliphatic heterocycles. The van der Waals surface area contributed by atoms with Crippen molar-refractivity contribution in [3.63, 3.8) is 0 Å². The zero-order valence-corrected chi connectivity index (χ0v) is 14.6. The smallest absolute Gasteiger partial charge is 0.244 e. The van der Waals surface area contributed by atoms with Crippen molar-refractivity contribution in [1.29, 1.82) is 0 Å². The summed E-state index contributed by atoms with van der Waals surface area (Å²) in [4.78, 5) is 22.6. The lowest BCUT2D eigenvalue weighted by molar-refractivity contribution is -0.130. The van der Waals surface area contributed by atoms with Crippen LogP contribution in [0, 0.1) is 0 Å². The van der Waals surface area contributed by atoms with Gasteiger partial charge in [-0.2, -0.15) is 0 Å². The number of nitrogens with zero attached hydrogens (tertiary/aromatic N) is 3. The fourth-order valence-corrected chi connectivity index (χ4v) is 1.98. The number of rotatable bonds is 4. The highest BCUT2D eigenvalue weighted by Gasteiger charge is 2.21. The lowest BCUT2D eigenvalue weighted by atomic mass is 9.96. The van der Waals surface area contributed by atoms with Crippen LogP contribution < -0.4 is 5.32 Å². The van der Waals surface area contributed by atoms with Gasteiger partial charge in [-0.25, -0.2) is 9.97 Å². The van der Waals surface area contributed by atoms with Crippen molar-refractivity contribution in [2.75, 3.05) is 18.9 Å². The first kappa shape index (κ1) is 16.9. The van der Waals surface area contributed by atoms with Crippen LogP contribution in [0.2, 0.25) is 0 Å². The average Bonchev–Trinajstić information content (AvgIpc) is 2.35. The third-order valence-electron chi connectivity index (χ3n) is 2.95. The number of likely N-dealkylation sites (N-methyl/N-ethyl adjacent to an activating group) is 1. The fourth-order valence-electron chi connectivity index (χ4n) is 1.60. The second-order valence-corrected chi connectivity index (χ2v) is 6.68. The first-order chi connectivity index (χ1) is 9.15. The molecule has 0 saturated heterocycles. The van der Waals surface area contributed by atoms with Gasteiger partial charge in [-0.15, -0.1) is 0 Å². The Kier molecular flexibility index (Phi) is 5.50. The van der Waals surface area contributed by atoms with Gasteiger partial charge < -0.3 is 10.2 Å². The number of hydrogen-bond donors (Lipinski definition) is 1. The minimum atomic E-state index is -0.324. The van der Waals surface area contributed by atoms with E-state index in [1.807, 2.05) is 13.8 Å². The molecule has 1 rings (SSSR count). The quantitative estimate of drug-likeness (QED) is 0.854. The van der Waals surface area contributed by atoms with E-state index in [-0.39, 0.29) is 17.4 Å². The predicted octanol–water partition coefficient (Wildman–Crippen LogP) is 2.82. The van der Waals surface area contributed by atoms with Gasteiger partial charge in [0.2, 0.25) is 5.91 Å². The summed E-state index contributed by atoms with van der Waals surface area (Å²) >= 11 is 3.39. The summed E-state index contributed by atoms with van der Waals surface area (Å²) in [5, 5.41) is 3.14. The largest absolute Gasteiger partial charge is 0.358 e. The van der Waals surface area contributed by atoms with Crippen molar-refractivity contribution < 1.29 is 4.79 Å². The summed E-state index contributed by atoms with van der Waals surface area (Å²) in [5.41, 5.74) is -0.145. The van der Waals surface area contributed by atoms with Gasteiger partial charge in [-0.3, -0.25) is 4.79 Å². The maximum Gasteiger partial charge on any atom is 0.244 e. The van der Waals surface area contributed by atoms with E-state index in [0.29, 0.717) is 17.0 Å². The predicted molar refractivity (Wildman–Crippen MR) is 84.8 cm³/mol. The molecule has 112 valence electrons. The van der Waals surface area contributed by atoms with E-state index < -0.39 is 0 Å². The Labute approximate surface area is 129 Å². The maximum atomic E-state index is 12.1. The summed E-state index contributed by atoms with van der Waals surface area (Å²) in [6.45, 7) is 10.6. The van der Waals surface area contributed by atoms with Crippen LogP contribution in [0.3, 0.4) is 0 Å². The highest BCUT2D eigenvalue weighted by Crippen LogP contribution is 2.22. The molecular formula is C14H23BrN4O. The van der Waals surface area contributed by atoms with E-state index in [1.165, 1.54) is 0 Å². The lowest BCUT2D eigenvalue weighted by Crippen LogP contribution is -2.39. The van der Waals surface area contributed by atoms with Gasteiger partial charge >= 0.3 is 0 Å². The summed E-state index contributed by atoms with van der Waals surface area (Å²) in [6.07, 6.45) is 0. The number of amides is 1. The molecule has 20 heavy (non-hydrogen) atoms. The van der Waals surface area contributed by atoms with E-state index in [9.17, 15) is 4.79 Å². The molecular weight excluding hydrogens is 320 g/mol. The van der Waals surface area contributed by atoms with Crippen LogP contribution in [0.25, 0.3) is 0 Å². The van der Waals surface area contributed by atoms with Crippen LogP contribution in [0.1, 0.15) is 40.4 Å². The second-order valence-electron chi connectivity index (χ2n) is 5.87. The third kappa shape index (κ3) is 4.44. The van der Waals surface area contributed by atoms with E-state index in [4.69, 9.17) is 0 Å². The summed E-state index contributed by atoms with van der Waals surface area (Å²) < 4.78 is 0.712. The maximum absolute atomic E-state index is 12.1. The average molecular weight is 343 g/mol. The topological polar surface area (TPSA) is 58.1 Å². The van der Waals surface area contributed by atoms with Crippen molar-refractivity contribution >= 4 is 27.7 Å². The minimum absolute atomic E-state index is 0.0412. The SMILES string of the molecule is CCN(C)C(=O)C(C)Nc1cc(Br)nc(C(C)(C)C)n1. The molecule has 1 amide bonds. The number of hydrogen-bond acceptors (Lipinski definition) is 4. The molecule has 1 aromatic heterocycles. The van der Waals surface area contributed by atoms with Gasteiger partial charge in [-0.1, -0.05) is 20.8 Å². The number of aromatic nitrogens is 2. The Balaban J connectivity index is 2.93. The molecule has 1 heterocycles. The summed E-state index contributed by atoms with van der Waals surface area (Å²) in [7, 11) is 1.79. The summed E-state index contributed by atoms with van der Waals surface area (Å²) in [5.74, 6) is 1.43. The van der Waals surface area contributed by atoms with Crippen LogP contribution in [0.4, 0.5) is 5.82 Å². The normalized spacial score (nSPS) is 12.9. The highest BCUT2D eigenvalue weighted by atomic mass is 79.9. The van der Waals surface area contributed by atoms with Crippen LogP contribution in [0.15, 0.2) is 10.7 Å². The zero-order chi connectivity index (χ0) is 15.5. The van der Waals surface area contributed by atoms with E-state index >= 15 is 0 Å². The Bertz CT molecular complexity index is 485. The fraction of sp³-hybridized carbons (Fsp3) is 0.643. The molecule has 0 aliphatic rings. The van der Waals surface area contributed by atoms with Crippen molar-refractivity contribution in [3.05, 3.63) is 16.5 Å². The minimum Gasteiger partial charge on any atom is -0.358 e. The Hall–Kier alpha value is -1.17. The van der Waals surface area contributed by atoms with Gasteiger partial charge in [0.05, 0.1) is 0 Å². The highest BCUT2D eigenvalue weighted by molar-refractivity contribution is 9.10. The van der Waals surface area contributed by atoms with Crippen molar-refractivity contribution in [2.45, 2.75) is 46.1 Å². The first-order valence-corrected chi connectivity index (χ1v) is 7.51. The van der Waals surface area contributed by atoms with Crippen LogP contribution in [-0.4, -0.2) is 40.4 Å². The van der Waals surface area contributed by atoms with Gasteiger partial charge in [0.15, 0.2) is 0 Å². The van der Waals surface area contributed by atoms with Crippen LogP contribution in [0.5, 0.6) is 0 Å². The van der Waals surface area contributed by atoms with Crippen LogP contribution in [-0.2, 0) is 10.2 Å². The molecule has 1 atom stereocenters. The third-order valence-corrected chi connectivity index (χ3v) is 3.36. The Morgan fingerprint density at radius 1 is 1.45 bits per heavy atom. The van der Waals surface area contributed by atoms with Crippen molar-refractivity contribution in [2.24, 2.45) is 0 Å². The van der Waals surface area contributed by atoms with E-state index in [2.05, 4.69) is 52.0 Å². The number of halogens is 1. The number of nitrogens with one attached hydrogen (secondary N) is 1. The molecule has 5 nitrogen and oxygen atoms in total. The molecule has 0 bridgehead atoms. The molecule has 0 spiro atoms. The van der Waals surface area contributed by atoms with Crippen molar-refractivity contribution in [3.8, 4) is 0 Å². The van der Waals surface area contributed by atoms with E-state index in [1.54, 1.807) is 18.0 Å². The Morgan fingerprint density at radius 3 is 2.55 bits per heavy atom. The molecule has 0 radical (unpaired) electrons. The molecule has 1 aromatic rings. The number of carbonyl (C=O) groups is 1. The molecule has 0 aromatic carbocycles. The number of carbonyl (C=O) groups excluding carboxylic acids is 1. The molecule has 6 heteroatoms. The first-order valence-electron chi connectivity index (χ1n) is 6.71. The lowest BCUT2D eigenvalue weighted by Gasteiger charge is -2.22. The molecule has 1 unspecified atom stereocenters. The molecule has 0 saturated carbocycles. The zero-order valence-electron chi connectivity index (χ0n) is 13.0. The molecule has 0 fully saturated rings. The number of anilines is 1. The van der Waals surface area contributed by atoms with Gasteiger partial charge in [0.25, 0.3) is 0 Å². The van der Waals surface area contributed by atoms with Gasteiger partial charge in [0, 0.05) is 25.1 Å². The standard InChI is InChI=1S/C14H23BrN4O/c1-7-19(6)12(20)9(2)16-11-8-10(15)17-13(18-11)14(3,4)5/h8-9H,7H2,1-6H3,(H,16,17,18). The van der Waals surface area contributed by atoms with Crippen molar-refractivity contribution in [1.82, 2.24) is 14.9 Å². The second kappa shape index (κ2) is 6.52. The molecule has 1 N–H and O–H groups in total. The van der Waals surface area contributed by atoms with E-state index in [0.717, 1.165) is 5.82 Å².